The van der Waals surface area contributed by atoms with E-state index in [4.69, 9.17) is 4.52 Å². The summed E-state index contributed by atoms with van der Waals surface area (Å²) in [6, 6.07) is -0.223. The van der Waals surface area contributed by atoms with Crippen molar-refractivity contribution in [3.8, 4) is 0 Å². The van der Waals surface area contributed by atoms with Gasteiger partial charge in [-0.1, -0.05) is 5.16 Å². The zero-order valence-electron chi connectivity index (χ0n) is 9.19. The molecule has 7 heteroatoms. The zero-order valence-corrected chi connectivity index (χ0v) is 10.0. The Hall–Kier alpha value is -1.14. The lowest BCUT2D eigenvalue weighted by molar-refractivity contribution is -0.127. The van der Waals surface area contributed by atoms with Gasteiger partial charge in [0.15, 0.2) is 5.82 Å². The van der Waals surface area contributed by atoms with Crippen LogP contribution >= 0.6 is 12.4 Å². The van der Waals surface area contributed by atoms with Gasteiger partial charge in [-0.05, 0) is 13.8 Å². The largest absolute Gasteiger partial charge is 0.344 e. The predicted molar refractivity (Wildman–Crippen MR) is 59.2 cm³/mol. The highest BCUT2D eigenvalue weighted by atomic mass is 35.5. The van der Waals surface area contributed by atoms with Crippen molar-refractivity contribution in [3.63, 3.8) is 0 Å². The number of hydrogen-bond acceptors (Lipinski definition) is 5. The Morgan fingerprint density at radius 1 is 1.62 bits per heavy atom. The molecular weight excluding hydrogens is 232 g/mol. The minimum absolute atomic E-state index is 0. The lowest BCUT2D eigenvalue weighted by Crippen LogP contribution is -2.51. The second-order valence-corrected chi connectivity index (χ2v) is 3.77. The SMILES string of the molecule is Cc1noc(C(C)NC(=O)C2CNC2)n1.Cl. The van der Waals surface area contributed by atoms with E-state index in [1.54, 1.807) is 6.92 Å². The van der Waals surface area contributed by atoms with E-state index in [1.165, 1.54) is 0 Å². The number of nitrogens with one attached hydrogen (secondary N) is 2. The van der Waals surface area contributed by atoms with Crippen molar-refractivity contribution in [3.05, 3.63) is 11.7 Å². The normalized spacial score (nSPS) is 17.1. The van der Waals surface area contributed by atoms with Gasteiger partial charge in [-0.15, -0.1) is 12.4 Å². The molecule has 0 bridgehead atoms. The first-order valence-corrected chi connectivity index (χ1v) is 4.98. The van der Waals surface area contributed by atoms with Crippen LogP contribution in [0.3, 0.4) is 0 Å². The minimum atomic E-state index is -0.223. The minimum Gasteiger partial charge on any atom is -0.344 e. The maximum absolute atomic E-state index is 11.6. The van der Waals surface area contributed by atoms with Crippen LogP contribution in [0.4, 0.5) is 0 Å². The van der Waals surface area contributed by atoms with Crippen molar-refractivity contribution in [1.29, 1.82) is 0 Å². The molecule has 0 aliphatic carbocycles. The molecule has 1 saturated heterocycles. The van der Waals surface area contributed by atoms with Crippen molar-refractivity contribution in [2.24, 2.45) is 5.92 Å². The molecule has 1 aromatic rings. The van der Waals surface area contributed by atoms with E-state index in [0.717, 1.165) is 13.1 Å². The highest BCUT2D eigenvalue weighted by molar-refractivity contribution is 5.85. The smallest absolute Gasteiger partial charge is 0.248 e. The molecule has 0 spiro atoms. The van der Waals surface area contributed by atoms with Crippen LogP contribution in [0.15, 0.2) is 4.52 Å². The summed E-state index contributed by atoms with van der Waals surface area (Å²) in [6.07, 6.45) is 0. The van der Waals surface area contributed by atoms with Crippen molar-refractivity contribution < 1.29 is 9.32 Å². The van der Waals surface area contributed by atoms with Crippen LogP contribution < -0.4 is 10.6 Å². The Balaban J connectivity index is 0.00000128. The van der Waals surface area contributed by atoms with Crippen molar-refractivity contribution in [1.82, 2.24) is 20.8 Å². The molecule has 1 amide bonds. The van der Waals surface area contributed by atoms with Gasteiger partial charge < -0.3 is 15.2 Å². The Labute approximate surface area is 99.6 Å². The molecule has 2 heterocycles. The van der Waals surface area contributed by atoms with E-state index in [0.29, 0.717) is 11.7 Å². The lowest BCUT2D eigenvalue weighted by atomic mass is 10.0. The number of rotatable bonds is 3. The molecule has 2 rings (SSSR count). The fourth-order valence-corrected chi connectivity index (χ4v) is 1.36. The lowest BCUT2D eigenvalue weighted by Gasteiger charge is -2.26. The molecule has 1 unspecified atom stereocenters. The molecule has 1 aliphatic rings. The van der Waals surface area contributed by atoms with E-state index in [2.05, 4.69) is 20.8 Å². The zero-order chi connectivity index (χ0) is 10.8. The summed E-state index contributed by atoms with van der Waals surface area (Å²) < 4.78 is 4.97. The molecule has 0 radical (unpaired) electrons. The molecule has 16 heavy (non-hydrogen) atoms. The first-order valence-electron chi connectivity index (χ1n) is 4.98. The van der Waals surface area contributed by atoms with Crippen LogP contribution in [0.25, 0.3) is 0 Å². The van der Waals surface area contributed by atoms with E-state index in [-0.39, 0.29) is 30.3 Å². The molecule has 90 valence electrons. The van der Waals surface area contributed by atoms with E-state index >= 15 is 0 Å². The van der Waals surface area contributed by atoms with Gasteiger partial charge in [0.05, 0.1) is 5.92 Å². The summed E-state index contributed by atoms with van der Waals surface area (Å²) in [4.78, 5) is 15.6. The molecule has 1 aromatic heterocycles. The van der Waals surface area contributed by atoms with Gasteiger partial charge in [0, 0.05) is 13.1 Å². The topological polar surface area (TPSA) is 80.0 Å². The number of halogens is 1. The summed E-state index contributed by atoms with van der Waals surface area (Å²) in [5.41, 5.74) is 0. The Morgan fingerprint density at radius 3 is 2.75 bits per heavy atom. The highest BCUT2D eigenvalue weighted by Crippen LogP contribution is 2.11. The number of hydrogen-bond donors (Lipinski definition) is 2. The van der Waals surface area contributed by atoms with Gasteiger partial charge in [-0.3, -0.25) is 4.79 Å². The average molecular weight is 247 g/mol. The maximum Gasteiger partial charge on any atom is 0.248 e. The van der Waals surface area contributed by atoms with E-state index in [1.807, 2.05) is 6.92 Å². The van der Waals surface area contributed by atoms with Gasteiger partial charge in [0.25, 0.3) is 0 Å². The van der Waals surface area contributed by atoms with Crippen LogP contribution in [0, 0.1) is 12.8 Å². The Morgan fingerprint density at radius 2 is 2.31 bits per heavy atom. The van der Waals surface area contributed by atoms with Crippen molar-refractivity contribution in [2.45, 2.75) is 19.9 Å². The fourth-order valence-electron chi connectivity index (χ4n) is 1.36. The van der Waals surface area contributed by atoms with Crippen LogP contribution in [-0.4, -0.2) is 29.1 Å². The van der Waals surface area contributed by atoms with Gasteiger partial charge in [0.1, 0.15) is 6.04 Å². The molecule has 2 N–H and O–H groups in total. The van der Waals surface area contributed by atoms with Gasteiger partial charge in [-0.25, -0.2) is 0 Å². The monoisotopic (exact) mass is 246 g/mol. The third-order valence-corrected chi connectivity index (χ3v) is 2.42. The molecule has 0 saturated carbocycles. The maximum atomic E-state index is 11.6. The number of carbonyl (C=O) groups is 1. The molecule has 0 aromatic carbocycles. The number of carbonyl (C=O) groups excluding carboxylic acids is 1. The van der Waals surface area contributed by atoms with Crippen LogP contribution in [0.2, 0.25) is 0 Å². The van der Waals surface area contributed by atoms with Gasteiger partial charge >= 0.3 is 0 Å². The third kappa shape index (κ3) is 2.70. The number of amides is 1. The number of nitrogens with zero attached hydrogens (tertiary/aromatic N) is 2. The van der Waals surface area contributed by atoms with E-state index in [9.17, 15) is 4.79 Å². The first-order chi connectivity index (χ1) is 7.16. The molecule has 1 aliphatic heterocycles. The van der Waals surface area contributed by atoms with Gasteiger partial charge in [-0.2, -0.15) is 4.98 Å². The summed E-state index contributed by atoms with van der Waals surface area (Å²) in [5.74, 6) is 1.15. The van der Waals surface area contributed by atoms with Gasteiger partial charge in [0.2, 0.25) is 11.8 Å². The summed E-state index contributed by atoms with van der Waals surface area (Å²) in [5, 5.41) is 9.56. The van der Waals surface area contributed by atoms with Crippen molar-refractivity contribution >= 4 is 18.3 Å². The summed E-state index contributed by atoms with van der Waals surface area (Å²) in [6.45, 7) is 5.08. The van der Waals surface area contributed by atoms with E-state index < -0.39 is 0 Å². The van der Waals surface area contributed by atoms with Crippen LogP contribution in [-0.2, 0) is 4.79 Å². The third-order valence-electron chi connectivity index (χ3n) is 2.42. The van der Waals surface area contributed by atoms with Crippen LogP contribution in [0.5, 0.6) is 0 Å². The highest BCUT2D eigenvalue weighted by Gasteiger charge is 2.27. The summed E-state index contributed by atoms with van der Waals surface area (Å²) in [7, 11) is 0. The molecule has 6 nitrogen and oxygen atoms in total. The molecule has 1 atom stereocenters. The Bertz CT molecular complexity index is 364. The number of aryl methyl sites for hydroxylation is 1. The van der Waals surface area contributed by atoms with Crippen LogP contribution in [0.1, 0.15) is 24.7 Å². The second-order valence-electron chi connectivity index (χ2n) is 3.77. The Kier molecular flexibility index (Phi) is 4.26. The average Bonchev–Trinajstić information content (AvgIpc) is 2.48. The second kappa shape index (κ2) is 5.27. The predicted octanol–water partition coefficient (Wildman–Crippen LogP) is 0.196. The summed E-state index contributed by atoms with van der Waals surface area (Å²) >= 11 is 0. The quantitative estimate of drug-likeness (QED) is 0.796. The van der Waals surface area contributed by atoms with Crippen molar-refractivity contribution in [2.75, 3.05) is 13.1 Å². The molecule has 1 fully saturated rings. The number of aromatic nitrogens is 2. The fraction of sp³-hybridized carbons (Fsp3) is 0.667. The molecular formula is C9H15ClN4O2. The standard InChI is InChI=1S/C9H14N4O2.ClH/c1-5(9-12-6(2)13-15-9)11-8(14)7-3-10-4-7;/h5,7,10H,3-4H2,1-2H3,(H,11,14);1H. The first kappa shape index (κ1) is 12.9.